The zero-order chi connectivity index (χ0) is 25.9. The summed E-state index contributed by atoms with van der Waals surface area (Å²) >= 11 is 0. The molecule has 0 bridgehead atoms. The van der Waals surface area contributed by atoms with Crippen molar-refractivity contribution in [1.82, 2.24) is 19.9 Å². The highest BCUT2D eigenvalue weighted by Crippen LogP contribution is 2.35. The lowest BCUT2D eigenvalue weighted by Crippen LogP contribution is -2.15. The number of nitrogens with one attached hydrogen (secondary N) is 1. The monoisotopic (exact) mass is 497 g/mol. The third-order valence-corrected chi connectivity index (χ3v) is 5.33. The number of rotatable bonds is 7. The molecule has 186 valence electrons. The third-order valence-electron chi connectivity index (χ3n) is 5.33. The van der Waals surface area contributed by atoms with Crippen LogP contribution in [0.1, 0.15) is 34.4 Å². The van der Waals surface area contributed by atoms with Crippen molar-refractivity contribution in [1.29, 1.82) is 0 Å². The smallest absolute Gasteiger partial charge is 0.433 e. The van der Waals surface area contributed by atoms with Gasteiger partial charge in [0.15, 0.2) is 5.65 Å². The molecule has 11 heteroatoms. The van der Waals surface area contributed by atoms with Crippen molar-refractivity contribution in [3.8, 4) is 17.0 Å². The number of aliphatic hydroxyl groups excluding tert-OH is 1. The Morgan fingerprint density at radius 3 is 2.61 bits per heavy atom. The van der Waals surface area contributed by atoms with Crippen molar-refractivity contribution >= 4 is 22.6 Å². The van der Waals surface area contributed by atoms with Crippen molar-refractivity contribution in [2.45, 2.75) is 26.4 Å². The van der Waals surface area contributed by atoms with E-state index in [4.69, 9.17) is 4.74 Å². The van der Waals surface area contributed by atoms with Crippen LogP contribution in [-0.4, -0.2) is 44.2 Å². The second-order valence-electron chi connectivity index (χ2n) is 7.88. The zero-order valence-electron chi connectivity index (χ0n) is 19.4. The first kappa shape index (κ1) is 25.0. The van der Waals surface area contributed by atoms with Gasteiger partial charge in [-0.2, -0.15) is 18.2 Å². The molecule has 0 spiro atoms. The highest BCUT2D eigenvalue weighted by molar-refractivity contribution is 6.04. The summed E-state index contributed by atoms with van der Waals surface area (Å²) in [5.74, 6) is 0.154. The molecule has 0 radical (unpaired) electrons. The molecule has 0 saturated heterocycles. The molecule has 3 aromatic heterocycles. The van der Waals surface area contributed by atoms with Crippen molar-refractivity contribution in [3.63, 3.8) is 0 Å². The van der Waals surface area contributed by atoms with Crippen molar-refractivity contribution < 1.29 is 27.8 Å². The predicted octanol–water partition coefficient (Wildman–Crippen LogP) is 4.60. The van der Waals surface area contributed by atoms with Gasteiger partial charge in [0.25, 0.3) is 5.91 Å². The van der Waals surface area contributed by atoms with Crippen molar-refractivity contribution in [2.24, 2.45) is 0 Å². The Morgan fingerprint density at radius 2 is 1.89 bits per heavy atom. The van der Waals surface area contributed by atoms with Crippen LogP contribution in [0, 0.1) is 6.92 Å². The summed E-state index contributed by atoms with van der Waals surface area (Å²) < 4.78 is 44.6. The first-order valence-corrected chi connectivity index (χ1v) is 11.1. The molecule has 0 unspecified atom stereocenters. The topological polar surface area (TPSA) is 110 Å². The molecule has 3 heterocycles. The molecule has 0 saturated carbocycles. The lowest BCUT2D eigenvalue weighted by atomic mass is 9.99. The quantitative estimate of drug-likeness (QED) is 0.384. The van der Waals surface area contributed by atoms with Crippen LogP contribution in [0.2, 0.25) is 0 Å². The number of aryl methyl sites for hydroxylation is 2. The minimum Gasteiger partial charge on any atom is -0.475 e. The Morgan fingerprint density at radius 1 is 1.08 bits per heavy atom. The Labute approximate surface area is 204 Å². The summed E-state index contributed by atoms with van der Waals surface area (Å²) in [5, 5.41) is 12.6. The summed E-state index contributed by atoms with van der Waals surface area (Å²) in [5.41, 5.74) is 1.55. The number of pyridine rings is 2. The van der Waals surface area contributed by atoms with Gasteiger partial charge in [-0.1, -0.05) is 13.0 Å². The summed E-state index contributed by atoms with van der Waals surface area (Å²) in [7, 11) is 0. The van der Waals surface area contributed by atoms with Crippen molar-refractivity contribution in [3.05, 3.63) is 71.4 Å². The van der Waals surface area contributed by atoms with E-state index in [1.54, 1.807) is 30.5 Å². The number of aliphatic hydroxyl groups is 1. The summed E-state index contributed by atoms with van der Waals surface area (Å²) in [4.78, 5) is 29.2. The Bertz CT molecular complexity index is 1430. The molecule has 1 amide bonds. The summed E-state index contributed by atoms with van der Waals surface area (Å²) in [6.07, 6.45) is -1.43. The van der Waals surface area contributed by atoms with Crippen LogP contribution in [0.5, 0.6) is 5.88 Å². The Balaban J connectivity index is 1.72. The molecule has 1 aromatic carbocycles. The highest BCUT2D eigenvalue weighted by Gasteiger charge is 2.33. The van der Waals surface area contributed by atoms with E-state index in [0.717, 1.165) is 11.8 Å². The Hall–Kier alpha value is -4.12. The number of aromatic nitrogens is 4. The fraction of sp³-hybridized carbons (Fsp3) is 0.240. The maximum atomic E-state index is 13.0. The van der Waals surface area contributed by atoms with Gasteiger partial charge in [-0.15, -0.1) is 0 Å². The van der Waals surface area contributed by atoms with E-state index in [1.807, 2.05) is 13.8 Å². The number of amides is 1. The fourth-order valence-electron chi connectivity index (χ4n) is 3.52. The van der Waals surface area contributed by atoms with Crippen LogP contribution < -0.4 is 10.1 Å². The molecule has 4 aromatic rings. The minimum atomic E-state index is -4.66. The van der Waals surface area contributed by atoms with Gasteiger partial charge < -0.3 is 15.2 Å². The van der Waals surface area contributed by atoms with E-state index in [-0.39, 0.29) is 24.7 Å². The number of hydrogen-bond acceptors (Lipinski definition) is 7. The lowest BCUT2D eigenvalue weighted by molar-refractivity contribution is -0.141. The van der Waals surface area contributed by atoms with Crippen LogP contribution in [0.15, 0.2) is 48.8 Å². The molecule has 0 fully saturated rings. The largest absolute Gasteiger partial charge is 0.475 e. The molecule has 2 N–H and O–H groups in total. The number of fused-ring (bicyclic) bond motifs is 1. The lowest BCUT2D eigenvalue weighted by Gasteiger charge is -2.15. The number of nitrogens with zero attached hydrogens (tertiary/aromatic N) is 4. The second-order valence-corrected chi connectivity index (χ2v) is 7.88. The van der Waals surface area contributed by atoms with Gasteiger partial charge >= 0.3 is 6.18 Å². The van der Waals surface area contributed by atoms with Gasteiger partial charge in [-0.25, -0.2) is 9.97 Å². The van der Waals surface area contributed by atoms with Crippen LogP contribution in [0.25, 0.3) is 22.2 Å². The van der Waals surface area contributed by atoms with E-state index in [9.17, 15) is 23.1 Å². The number of anilines is 1. The maximum absolute atomic E-state index is 13.0. The van der Waals surface area contributed by atoms with E-state index < -0.39 is 17.8 Å². The molecule has 8 nitrogen and oxygen atoms in total. The molecule has 36 heavy (non-hydrogen) atoms. The standard InChI is InChI=1S/C25H22F3N5O3/c1-3-21-30-13-16-10-19(24(36-9-8-34)33-22(16)32-21)18-12-17(5-4-14(18)2)31-23(35)15-6-7-29-20(11-15)25(26,27)28/h4-7,10-13,34H,3,8-9H2,1-2H3,(H,31,35). The van der Waals surface area contributed by atoms with E-state index >= 15 is 0 Å². The Kier molecular flexibility index (Phi) is 7.11. The van der Waals surface area contributed by atoms with Crippen LogP contribution in [0.3, 0.4) is 0 Å². The molecule has 4 rings (SSSR count). The number of carbonyl (C=O) groups is 1. The number of carbonyl (C=O) groups excluding carboxylic acids is 1. The van der Waals surface area contributed by atoms with E-state index in [2.05, 4.69) is 25.3 Å². The van der Waals surface area contributed by atoms with Crippen LogP contribution in [-0.2, 0) is 12.6 Å². The van der Waals surface area contributed by atoms with Crippen LogP contribution in [0.4, 0.5) is 18.9 Å². The summed E-state index contributed by atoms with van der Waals surface area (Å²) in [6.45, 7) is 3.58. The minimum absolute atomic E-state index is 0.0102. The van der Waals surface area contributed by atoms with Gasteiger partial charge in [0.05, 0.1) is 6.61 Å². The number of ether oxygens (including phenoxy) is 1. The molecule has 0 aliphatic carbocycles. The molecule has 0 atom stereocenters. The summed E-state index contributed by atoms with van der Waals surface area (Å²) in [6, 6.07) is 8.79. The number of alkyl halides is 3. The third kappa shape index (κ3) is 5.41. The first-order valence-electron chi connectivity index (χ1n) is 11.1. The van der Waals surface area contributed by atoms with Crippen LogP contribution >= 0.6 is 0 Å². The van der Waals surface area contributed by atoms with Crippen molar-refractivity contribution in [2.75, 3.05) is 18.5 Å². The molecule has 0 aliphatic rings. The normalized spacial score (nSPS) is 11.5. The van der Waals surface area contributed by atoms with Gasteiger partial charge in [0.2, 0.25) is 5.88 Å². The second kappa shape index (κ2) is 10.2. The van der Waals surface area contributed by atoms with E-state index in [1.165, 1.54) is 6.07 Å². The molecule has 0 aliphatic heterocycles. The average Bonchev–Trinajstić information content (AvgIpc) is 2.87. The number of benzene rings is 1. The highest BCUT2D eigenvalue weighted by atomic mass is 19.4. The number of hydrogen-bond donors (Lipinski definition) is 2. The fourth-order valence-corrected chi connectivity index (χ4v) is 3.52. The number of halogens is 3. The van der Waals surface area contributed by atoms with Gasteiger partial charge in [-0.05, 0) is 48.4 Å². The zero-order valence-corrected chi connectivity index (χ0v) is 19.4. The first-order chi connectivity index (χ1) is 17.2. The van der Waals surface area contributed by atoms with Gasteiger partial charge in [0.1, 0.15) is 18.1 Å². The average molecular weight is 497 g/mol. The maximum Gasteiger partial charge on any atom is 0.433 e. The van der Waals surface area contributed by atoms with Gasteiger partial charge in [0, 0.05) is 41.0 Å². The van der Waals surface area contributed by atoms with E-state index in [0.29, 0.717) is 46.2 Å². The molecular formula is C25H22F3N5O3. The molecular weight excluding hydrogens is 475 g/mol. The van der Waals surface area contributed by atoms with Gasteiger partial charge in [-0.3, -0.25) is 9.78 Å². The predicted molar refractivity (Wildman–Crippen MR) is 127 cm³/mol. The SMILES string of the molecule is CCc1ncc2cc(-c3cc(NC(=O)c4ccnc(C(F)(F)F)c4)ccc3C)c(OCCO)nc2n1.